The normalized spacial score (nSPS) is 17.6. The molecule has 0 fully saturated rings. The Labute approximate surface area is 83.3 Å². The molecule has 0 bridgehead atoms. The molecular weight excluding hydrogens is 196 g/mol. The summed E-state index contributed by atoms with van der Waals surface area (Å²) in [6.07, 6.45) is 3.11. The highest BCUT2D eigenvalue weighted by Gasteiger charge is 2.25. The fourth-order valence-electron chi connectivity index (χ4n) is 1.60. The maximum Gasteiger partial charge on any atom is 0.116 e. The Morgan fingerprint density at radius 2 is 2.00 bits per heavy atom. The molecular formula is C10H6N2OS. The molecule has 0 radical (unpaired) electrons. The first-order valence-electron chi connectivity index (χ1n) is 4.19. The molecule has 1 aliphatic rings. The summed E-state index contributed by atoms with van der Waals surface area (Å²) in [5.74, 6) is 0. The number of hydrogen-bond donors (Lipinski definition) is 0. The van der Waals surface area contributed by atoms with Crippen LogP contribution in [0.5, 0.6) is 0 Å². The van der Waals surface area contributed by atoms with E-state index >= 15 is 0 Å². The summed E-state index contributed by atoms with van der Waals surface area (Å²) in [7, 11) is -1.10. The SMILES string of the molecule is O=S1c2ccccc2-c2ncncc21. The molecule has 68 valence electrons. The molecule has 0 N–H and O–H groups in total. The van der Waals surface area contributed by atoms with Crippen molar-refractivity contribution in [3.63, 3.8) is 0 Å². The van der Waals surface area contributed by atoms with E-state index in [0.717, 1.165) is 16.2 Å². The van der Waals surface area contributed by atoms with Crippen molar-refractivity contribution in [2.45, 2.75) is 9.79 Å². The fraction of sp³-hybridized carbons (Fsp3) is 0. The van der Waals surface area contributed by atoms with Crippen LogP contribution in [0.1, 0.15) is 0 Å². The first-order chi connectivity index (χ1) is 6.88. The monoisotopic (exact) mass is 202 g/mol. The molecule has 4 heteroatoms. The molecule has 2 heterocycles. The van der Waals surface area contributed by atoms with Gasteiger partial charge in [-0.25, -0.2) is 14.2 Å². The van der Waals surface area contributed by atoms with Gasteiger partial charge in [0.15, 0.2) is 0 Å². The molecule has 0 amide bonds. The van der Waals surface area contributed by atoms with Crippen molar-refractivity contribution in [2.24, 2.45) is 0 Å². The van der Waals surface area contributed by atoms with Crippen LogP contribution in [0.2, 0.25) is 0 Å². The molecule has 14 heavy (non-hydrogen) atoms. The van der Waals surface area contributed by atoms with Crippen LogP contribution in [0.15, 0.2) is 46.6 Å². The number of aromatic nitrogens is 2. The molecule has 3 rings (SSSR count). The van der Waals surface area contributed by atoms with E-state index in [-0.39, 0.29) is 0 Å². The number of hydrogen-bond acceptors (Lipinski definition) is 3. The van der Waals surface area contributed by atoms with Gasteiger partial charge in [0.05, 0.1) is 26.3 Å². The molecule has 0 spiro atoms. The van der Waals surface area contributed by atoms with Crippen LogP contribution in [-0.2, 0) is 10.8 Å². The summed E-state index contributed by atoms with van der Waals surface area (Å²) in [6.45, 7) is 0. The van der Waals surface area contributed by atoms with Crippen LogP contribution in [-0.4, -0.2) is 14.2 Å². The predicted octanol–water partition coefficient (Wildman–Crippen LogP) is 1.62. The molecule has 0 saturated carbocycles. The topological polar surface area (TPSA) is 42.9 Å². The van der Waals surface area contributed by atoms with E-state index in [0.29, 0.717) is 4.90 Å². The van der Waals surface area contributed by atoms with E-state index < -0.39 is 10.8 Å². The zero-order chi connectivity index (χ0) is 9.54. The van der Waals surface area contributed by atoms with Gasteiger partial charge >= 0.3 is 0 Å². The van der Waals surface area contributed by atoms with Crippen LogP contribution >= 0.6 is 0 Å². The van der Waals surface area contributed by atoms with Crippen molar-refractivity contribution in [3.05, 3.63) is 36.8 Å². The maximum absolute atomic E-state index is 11.9. The quantitative estimate of drug-likeness (QED) is 0.556. The Balaban J connectivity index is 2.42. The van der Waals surface area contributed by atoms with E-state index in [4.69, 9.17) is 0 Å². The molecule has 0 aliphatic carbocycles. The van der Waals surface area contributed by atoms with Gasteiger partial charge in [0, 0.05) is 11.8 Å². The van der Waals surface area contributed by atoms with Crippen LogP contribution in [0.3, 0.4) is 0 Å². The minimum atomic E-state index is -1.10. The maximum atomic E-state index is 11.9. The Morgan fingerprint density at radius 1 is 1.14 bits per heavy atom. The molecule has 1 aromatic heterocycles. The largest absolute Gasteiger partial charge is 0.249 e. The van der Waals surface area contributed by atoms with Gasteiger partial charge in [-0.05, 0) is 6.07 Å². The lowest BCUT2D eigenvalue weighted by molar-refractivity contribution is 0.684. The van der Waals surface area contributed by atoms with E-state index in [1.54, 1.807) is 6.20 Å². The van der Waals surface area contributed by atoms with Gasteiger partial charge in [-0.2, -0.15) is 0 Å². The number of benzene rings is 1. The summed E-state index contributed by atoms with van der Waals surface area (Å²) in [4.78, 5) is 9.58. The molecule has 3 nitrogen and oxygen atoms in total. The third-order valence-corrected chi connectivity index (χ3v) is 3.67. The third kappa shape index (κ3) is 0.886. The van der Waals surface area contributed by atoms with Crippen LogP contribution < -0.4 is 0 Å². The summed E-state index contributed by atoms with van der Waals surface area (Å²) in [5, 5.41) is 0. The molecule has 1 aliphatic heterocycles. The summed E-state index contributed by atoms with van der Waals surface area (Å²) < 4.78 is 11.9. The van der Waals surface area contributed by atoms with Crippen LogP contribution in [0.4, 0.5) is 0 Å². The lowest BCUT2D eigenvalue weighted by Crippen LogP contribution is -1.87. The number of fused-ring (bicyclic) bond motifs is 3. The number of nitrogens with zero attached hydrogens (tertiary/aromatic N) is 2. The second kappa shape index (κ2) is 2.72. The van der Waals surface area contributed by atoms with E-state index in [9.17, 15) is 4.21 Å². The highest BCUT2D eigenvalue weighted by Crippen LogP contribution is 2.37. The molecule has 2 aromatic rings. The van der Waals surface area contributed by atoms with E-state index in [1.165, 1.54) is 6.33 Å². The van der Waals surface area contributed by atoms with Crippen molar-refractivity contribution >= 4 is 10.8 Å². The highest BCUT2D eigenvalue weighted by molar-refractivity contribution is 7.85. The minimum absolute atomic E-state index is 0.716. The van der Waals surface area contributed by atoms with Crippen molar-refractivity contribution in [3.8, 4) is 11.3 Å². The average Bonchev–Trinajstić information content (AvgIpc) is 2.55. The lowest BCUT2D eigenvalue weighted by atomic mass is 10.1. The Morgan fingerprint density at radius 3 is 2.93 bits per heavy atom. The van der Waals surface area contributed by atoms with Crippen molar-refractivity contribution in [1.82, 2.24) is 9.97 Å². The van der Waals surface area contributed by atoms with Gasteiger partial charge in [-0.15, -0.1) is 0 Å². The summed E-state index contributed by atoms with van der Waals surface area (Å²) >= 11 is 0. The first kappa shape index (κ1) is 7.82. The van der Waals surface area contributed by atoms with Crippen molar-refractivity contribution in [1.29, 1.82) is 0 Å². The molecule has 1 atom stereocenters. The van der Waals surface area contributed by atoms with Crippen LogP contribution in [0.25, 0.3) is 11.3 Å². The predicted molar refractivity (Wildman–Crippen MR) is 52.1 cm³/mol. The van der Waals surface area contributed by atoms with Gasteiger partial charge in [0.1, 0.15) is 6.33 Å². The lowest BCUT2D eigenvalue weighted by Gasteiger charge is -1.94. The van der Waals surface area contributed by atoms with Gasteiger partial charge < -0.3 is 0 Å². The zero-order valence-corrected chi connectivity index (χ0v) is 7.99. The second-order valence-corrected chi connectivity index (χ2v) is 4.42. The van der Waals surface area contributed by atoms with Gasteiger partial charge in [0.25, 0.3) is 0 Å². The fourth-order valence-corrected chi connectivity index (χ4v) is 2.90. The zero-order valence-electron chi connectivity index (χ0n) is 7.18. The van der Waals surface area contributed by atoms with Gasteiger partial charge in [-0.3, -0.25) is 0 Å². The Hall–Kier alpha value is -1.55. The van der Waals surface area contributed by atoms with Crippen molar-refractivity contribution < 1.29 is 4.21 Å². The Kier molecular flexibility index (Phi) is 1.52. The van der Waals surface area contributed by atoms with Gasteiger partial charge in [0.2, 0.25) is 0 Å². The van der Waals surface area contributed by atoms with Crippen molar-refractivity contribution in [2.75, 3.05) is 0 Å². The third-order valence-electron chi connectivity index (χ3n) is 2.22. The standard InChI is InChI=1S/C10H6N2OS/c13-14-8-4-2-1-3-7(8)10-9(14)5-11-6-12-10/h1-6H. The Bertz CT molecular complexity index is 492. The first-order valence-corrected chi connectivity index (χ1v) is 5.34. The van der Waals surface area contributed by atoms with Crippen LogP contribution in [0, 0.1) is 0 Å². The highest BCUT2D eigenvalue weighted by atomic mass is 32.2. The molecule has 0 saturated heterocycles. The minimum Gasteiger partial charge on any atom is -0.249 e. The van der Waals surface area contributed by atoms with Gasteiger partial charge in [-0.1, -0.05) is 18.2 Å². The molecule has 1 unspecified atom stereocenters. The smallest absolute Gasteiger partial charge is 0.116 e. The second-order valence-electron chi connectivity index (χ2n) is 3.00. The molecule has 1 aromatic carbocycles. The van der Waals surface area contributed by atoms with E-state index in [1.807, 2.05) is 24.3 Å². The summed E-state index contributed by atoms with van der Waals surface area (Å²) in [6, 6.07) is 7.61. The van der Waals surface area contributed by atoms with E-state index in [2.05, 4.69) is 9.97 Å². The number of rotatable bonds is 0. The average molecular weight is 202 g/mol. The summed E-state index contributed by atoms with van der Waals surface area (Å²) in [5.41, 5.74) is 1.76.